The zero-order chi connectivity index (χ0) is 18.8. The van der Waals surface area contributed by atoms with Crippen LogP contribution in [0.3, 0.4) is 0 Å². The SMILES string of the molecule is O=C(NCCc1c[nH]c2ccccc12)C1CC(=O)N(c2ccccc2Cl)C1. The molecule has 0 spiro atoms. The van der Waals surface area contributed by atoms with Crippen LogP contribution >= 0.6 is 11.6 Å². The van der Waals surface area contributed by atoms with Crippen molar-refractivity contribution in [3.63, 3.8) is 0 Å². The van der Waals surface area contributed by atoms with Crippen molar-refractivity contribution in [1.82, 2.24) is 10.3 Å². The molecule has 3 aromatic rings. The van der Waals surface area contributed by atoms with Gasteiger partial charge in [0.15, 0.2) is 0 Å². The summed E-state index contributed by atoms with van der Waals surface area (Å²) < 4.78 is 0. The molecule has 2 aromatic carbocycles. The first-order valence-corrected chi connectivity index (χ1v) is 9.39. The highest BCUT2D eigenvalue weighted by molar-refractivity contribution is 6.33. The molecule has 4 rings (SSSR count). The number of amides is 2. The number of para-hydroxylation sites is 2. The van der Waals surface area contributed by atoms with E-state index >= 15 is 0 Å². The van der Waals surface area contributed by atoms with Gasteiger partial charge in [-0.2, -0.15) is 0 Å². The highest BCUT2D eigenvalue weighted by Crippen LogP contribution is 2.31. The van der Waals surface area contributed by atoms with Crippen molar-refractivity contribution in [1.29, 1.82) is 0 Å². The largest absolute Gasteiger partial charge is 0.361 e. The second-order valence-electron chi connectivity index (χ2n) is 6.76. The minimum absolute atomic E-state index is 0.0696. The molecule has 1 saturated heterocycles. The van der Waals surface area contributed by atoms with Crippen molar-refractivity contribution < 1.29 is 9.59 Å². The van der Waals surface area contributed by atoms with Crippen molar-refractivity contribution in [2.24, 2.45) is 5.92 Å². The molecule has 0 aliphatic carbocycles. The van der Waals surface area contributed by atoms with E-state index < -0.39 is 0 Å². The number of anilines is 1. The molecule has 6 heteroatoms. The number of aromatic amines is 1. The number of carbonyl (C=O) groups excluding carboxylic acids is 2. The monoisotopic (exact) mass is 381 g/mol. The standard InChI is InChI=1S/C21H20ClN3O2/c22-17-6-2-4-8-19(17)25-13-15(11-20(25)26)21(27)23-10-9-14-12-24-18-7-3-1-5-16(14)18/h1-8,12,15,24H,9-11,13H2,(H,23,27). The van der Waals surface area contributed by atoms with Crippen LogP contribution < -0.4 is 10.2 Å². The molecule has 2 amide bonds. The number of halogens is 1. The van der Waals surface area contributed by atoms with Crippen LogP contribution in [0.2, 0.25) is 5.02 Å². The lowest BCUT2D eigenvalue weighted by Crippen LogP contribution is -2.34. The number of nitrogens with one attached hydrogen (secondary N) is 2. The van der Waals surface area contributed by atoms with Crippen LogP contribution in [0, 0.1) is 5.92 Å². The van der Waals surface area contributed by atoms with Gasteiger partial charge in [0.05, 0.1) is 16.6 Å². The Morgan fingerprint density at radius 3 is 2.81 bits per heavy atom. The number of aromatic nitrogens is 1. The molecule has 1 aliphatic heterocycles. The molecule has 1 fully saturated rings. The summed E-state index contributed by atoms with van der Waals surface area (Å²) in [6, 6.07) is 15.3. The minimum atomic E-state index is -0.350. The number of hydrogen-bond acceptors (Lipinski definition) is 2. The number of rotatable bonds is 5. The van der Waals surface area contributed by atoms with Gasteiger partial charge in [-0.3, -0.25) is 9.59 Å². The third-order valence-electron chi connectivity index (χ3n) is 5.01. The Morgan fingerprint density at radius 1 is 1.19 bits per heavy atom. The van der Waals surface area contributed by atoms with Gasteiger partial charge in [-0.05, 0) is 30.2 Å². The third kappa shape index (κ3) is 3.55. The Balaban J connectivity index is 1.35. The second kappa shape index (κ2) is 7.45. The lowest BCUT2D eigenvalue weighted by Gasteiger charge is -2.18. The van der Waals surface area contributed by atoms with Gasteiger partial charge in [0, 0.05) is 36.6 Å². The Hall–Kier alpha value is -2.79. The number of fused-ring (bicyclic) bond motifs is 1. The average Bonchev–Trinajstić information content (AvgIpc) is 3.26. The second-order valence-corrected chi connectivity index (χ2v) is 7.16. The van der Waals surface area contributed by atoms with Crippen molar-refractivity contribution >= 4 is 40.0 Å². The summed E-state index contributed by atoms with van der Waals surface area (Å²) in [7, 11) is 0. The first kappa shape index (κ1) is 17.6. The lowest BCUT2D eigenvalue weighted by molar-refractivity contribution is -0.126. The maximum Gasteiger partial charge on any atom is 0.227 e. The Kier molecular flexibility index (Phi) is 4.86. The molecule has 1 atom stereocenters. The molecule has 2 heterocycles. The fraction of sp³-hybridized carbons (Fsp3) is 0.238. The number of carbonyl (C=O) groups is 2. The van der Waals surface area contributed by atoms with Crippen LogP contribution in [-0.2, 0) is 16.0 Å². The van der Waals surface area contributed by atoms with Crippen LogP contribution in [0.4, 0.5) is 5.69 Å². The van der Waals surface area contributed by atoms with E-state index in [9.17, 15) is 9.59 Å². The van der Waals surface area contributed by atoms with E-state index in [1.807, 2.05) is 36.5 Å². The van der Waals surface area contributed by atoms with Gasteiger partial charge in [0.2, 0.25) is 11.8 Å². The van der Waals surface area contributed by atoms with Crippen molar-refractivity contribution in [2.75, 3.05) is 18.0 Å². The number of H-pyrrole nitrogens is 1. The summed E-state index contributed by atoms with van der Waals surface area (Å²) in [6.07, 6.45) is 2.93. The smallest absolute Gasteiger partial charge is 0.227 e. The highest BCUT2D eigenvalue weighted by Gasteiger charge is 2.35. The molecule has 0 radical (unpaired) electrons. The molecular formula is C21H20ClN3O2. The molecule has 2 N–H and O–H groups in total. The van der Waals surface area contributed by atoms with E-state index in [1.165, 1.54) is 10.9 Å². The van der Waals surface area contributed by atoms with E-state index in [1.54, 1.807) is 17.0 Å². The molecular weight excluding hydrogens is 362 g/mol. The van der Waals surface area contributed by atoms with Gasteiger partial charge in [-0.1, -0.05) is 41.9 Å². The quantitative estimate of drug-likeness (QED) is 0.710. The van der Waals surface area contributed by atoms with Crippen molar-refractivity contribution in [3.05, 3.63) is 65.3 Å². The van der Waals surface area contributed by atoms with Gasteiger partial charge in [-0.15, -0.1) is 0 Å². The molecule has 0 saturated carbocycles. The van der Waals surface area contributed by atoms with Crippen molar-refractivity contribution in [3.8, 4) is 0 Å². The molecule has 1 aromatic heterocycles. The summed E-state index contributed by atoms with van der Waals surface area (Å²) in [5.41, 5.74) is 2.93. The van der Waals surface area contributed by atoms with E-state index in [2.05, 4.69) is 16.4 Å². The van der Waals surface area contributed by atoms with Crippen LogP contribution in [0.25, 0.3) is 10.9 Å². The normalized spacial score (nSPS) is 16.9. The fourth-order valence-electron chi connectivity index (χ4n) is 3.59. The predicted octanol–water partition coefficient (Wildman–Crippen LogP) is 3.53. The lowest BCUT2D eigenvalue weighted by atomic mass is 10.1. The molecule has 27 heavy (non-hydrogen) atoms. The number of nitrogens with zero attached hydrogens (tertiary/aromatic N) is 1. The fourth-order valence-corrected chi connectivity index (χ4v) is 3.83. The summed E-state index contributed by atoms with van der Waals surface area (Å²) in [6.45, 7) is 0.902. The van der Waals surface area contributed by atoms with Gasteiger partial charge in [-0.25, -0.2) is 0 Å². The summed E-state index contributed by atoms with van der Waals surface area (Å²) >= 11 is 6.19. The van der Waals surface area contributed by atoms with Gasteiger partial charge in [0.25, 0.3) is 0 Å². The Bertz CT molecular complexity index is 998. The topological polar surface area (TPSA) is 65.2 Å². The van der Waals surface area contributed by atoms with Crippen LogP contribution in [-0.4, -0.2) is 29.9 Å². The van der Waals surface area contributed by atoms with E-state index in [0.29, 0.717) is 23.8 Å². The van der Waals surface area contributed by atoms with Gasteiger partial charge < -0.3 is 15.2 Å². The summed E-state index contributed by atoms with van der Waals surface area (Å²) in [4.78, 5) is 29.7. The van der Waals surface area contributed by atoms with Crippen LogP contribution in [0.15, 0.2) is 54.7 Å². The predicted molar refractivity (Wildman–Crippen MR) is 107 cm³/mol. The zero-order valence-electron chi connectivity index (χ0n) is 14.7. The number of benzene rings is 2. The summed E-state index contributed by atoms with van der Waals surface area (Å²) in [5.74, 6) is -0.505. The van der Waals surface area contributed by atoms with Gasteiger partial charge in [0.1, 0.15) is 0 Å². The van der Waals surface area contributed by atoms with Gasteiger partial charge >= 0.3 is 0 Å². The molecule has 138 valence electrons. The molecule has 1 unspecified atom stereocenters. The van der Waals surface area contributed by atoms with Crippen molar-refractivity contribution in [2.45, 2.75) is 12.8 Å². The van der Waals surface area contributed by atoms with Crippen LogP contribution in [0.1, 0.15) is 12.0 Å². The first-order chi connectivity index (χ1) is 13.1. The first-order valence-electron chi connectivity index (χ1n) is 9.01. The maximum atomic E-state index is 12.5. The highest BCUT2D eigenvalue weighted by atomic mass is 35.5. The Morgan fingerprint density at radius 2 is 1.96 bits per heavy atom. The van der Waals surface area contributed by atoms with E-state index in [4.69, 9.17) is 11.6 Å². The van der Waals surface area contributed by atoms with Crippen LogP contribution in [0.5, 0.6) is 0 Å². The maximum absolute atomic E-state index is 12.5. The van der Waals surface area contributed by atoms with E-state index in [0.717, 1.165) is 11.9 Å². The van der Waals surface area contributed by atoms with E-state index in [-0.39, 0.29) is 24.2 Å². The Labute approximate surface area is 162 Å². The number of hydrogen-bond donors (Lipinski definition) is 2. The molecule has 1 aliphatic rings. The minimum Gasteiger partial charge on any atom is -0.361 e. The molecule has 0 bridgehead atoms. The molecule has 5 nitrogen and oxygen atoms in total. The zero-order valence-corrected chi connectivity index (χ0v) is 15.5. The third-order valence-corrected chi connectivity index (χ3v) is 5.33. The summed E-state index contributed by atoms with van der Waals surface area (Å²) in [5, 5.41) is 4.66. The average molecular weight is 382 g/mol.